The van der Waals surface area contributed by atoms with Crippen molar-refractivity contribution in [3.05, 3.63) is 130 Å². The van der Waals surface area contributed by atoms with Gasteiger partial charge in [-0.15, -0.1) is 72.9 Å². The van der Waals surface area contributed by atoms with Crippen LogP contribution >= 0.6 is 15.9 Å². The van der Waals surface area contributed by atoms with Gasteiger partial charge < -0.3 is 24.8 Å². The zero-order valence-corrected chi connectivity index (χ0v) is 37.6. The summed E-state index contributed by atoms with van der Waals surface area (Å²) in [6, 6.07) is 38.2. The molecule has 0 saturated carbocycles. The quantitative estimate of drug-likeness (QED) is 0.125. The molecule has 6 aromatic rings. The Balaban J connectivity index is 0.000000296. The van der Waals surface area contributed by atoms with E-state index in [1.165, 1.54) is 70.5 Å². The molecule has 0 aliphatic rings. The van der Waals surface area contributed by atoms with E-state index in [1.807, 2.05) is 0 Å². The van der Waals surface area contributed by atoms with Crippen molar-refractivity contribution in [2.75, 3.05) is 0 Å². The van der Waals surface area contributed by atoms with Crippen molar-refractivity contribution >= 4 is 42.9 Å². The maximum absolute atomic E-state index is 3.65. The fraction of sp³-hybridized carbons (Fsp3) is 0.318. The van der Waals surface area contributed by atoms with Crippen molar-refractivity contribution < 1.29 is 48.1 Å². The molecule has 5 heteroatoms. The van der Waals surface area contributed by atoms with Gasteiger partial charge in [0, 0.05) is 0 Å². The number of hydrogen-bond donors (Lipinski definition) is 0. The summed E-state index contributed by atoms with van der Waals surface area (Å²) in [4.78, 5) is 0. The molecule has 0 radical (unpaired) electrons. The molecule has 0 N–H and O–H groups in total. The Morgan fingerprint density at radius 3 is 1.57 bits per heavy atom. The van der Waals surface area contributed by atoms with Gasteiger partial charge in [0.05, 0.1) is 0 Å². The summed E-state index contributed by atoms with van der Waals surface area (Å²) in [5, 5.41) is 5.34. The Morgan fingerprint density at radius 2 is 1.12 bits per heavy atom. The third-order valence-corrected chi connectivity index (χ3v) is 9.23. The maximum Gasteiger partial charge on any atom is -0.0132 e. The summed E-state index contributed by atoms with van der Waals surface area (Å²) in [7, 11) is 0. The molecule has 0 heterocycles. The standard InChI is InChI=1S/C22H25.C20H20Br.C2H6Si.2ClH.Zr/c1-15(2)18-13-17-7-6-8-20(21(17)14-18)16-9-11-19(12-10-16)22(3,4)5;1-13-11-17-16(9-10-19(21)18(17)12-13)14-5-7-15(8-6-14)20(2,3)4;1-3-2;;;/h6-15H,1-5H3;5-12H,1-4H3;1-2H3;2*1H;/q2*-1;;;;+2/p-2. The molecule has 49 heavy (non-hydrogen) atoms. The van der Waals surface area contributed by atoms with E-state index in [2.05, 4.69) is 194 Å². The number of hydrogen-bond acceptors (Lipinski definition) is 0. The van der Waals surface area contributed by atoms with Crippen LogP contribution in [0.25, 0.3) is 43.8 Å². The molecule has 258 valence electrons. The van der Waals surface area contributed by atoms with Gasteiger partial charge in [-0.1, -0.05) is 145 Å². The van der Waals surface area contributed by atoms with Crippen LogP contribution < -0.4 is 24.8 Å². The van der Waals surface area contributed by atoms with Gasteiger partial charge in [-0.3, -0.25) is 0 Å². The molecule has 6 rings (SSSR count). The molecule has 0 aliphatic carbocycles. The van der Waals surface area contributed by atoms with E-state index in [0.29, 0.717) is 5.92 Å². The molecule has 0 bridgehead atoms. The van der Waals surface area contributed by atoms with Crippen LogP contribution in [0.5, 0.6) is 0 Å². The predicted molar refractivity (Wildman–Crippen MR) is 211 cm³/mol. The molecule has 0 saturated heterocycles. The van der Waals surface area contributed by atoms with Gasteiger partial charge in [0.1, 0.15) is 0 Å². The second kappa shape index (κ2) is 18.1. The summed E-state index contributed by atoms with van der Waals surface area (Å²) < 4.78 is 1.17. The van der Waals surface area contributed by atoms with E-state index < -0.39 is 0 Å². The van der Waals surface area contributed by atoms with E-state index in [9.17, 15) is 0 Å². The van der Waals surface area contributed by atoms with Gasteiger partial charge in [-0.2, -0.15) is 12.1 Å². The minimum absolute atomic E-state index is 0. The Morgan fingerprint density at radius 1 is 0.653 bits per heavy atom. The van der Waals surface area contributed by atoms with Crippen LogP contribution in [0, 0.1) is 6.92 Å². The molecule has 0 amide bonds. The largest absolute Gasteiger partial charge is 1.00 e. The third kappa shape index (κ3) is 11.4. The Labute approximate surface area is 332 Å². The smallest absolute Gasteiger partial charge is 0.0132 e. The molecular weight excluding hydrogens is 799 g/mol. The van der Waals surface area contributed by atoms with Gasteiger partial charge in [-0.05, 0) is 39.0 Å². The van der Waals surface area contributed by atoms with E-state index in [4.69, 9.17) is 0 Å². The summed E-state index contributed by atoms with van der Waals surface area (Å²) in [6.45, 7) is 24.8. The van der Waals surface area contributed by atoms with Gasteiger partial charge in [0.25, 0.3) is 0 Å². The number of aryl methyl sites for hydroxylation is 1. The minimum atomic E-state index is 0. The fourth-order valence-electron chi connectivity index (χ4n) is 5.80. The summed E-state index contributed by atoms with van der Waals surface area (Å²) >= 11 is 5.39. The second-order valence-corrected chi connectivity index (χ2v) is 25.6. The Kier molecular flexibility index (Phi) is 16.1. The zero-order chi connectivity index (χ0) is 34.7. The summed E-state index contributed by atoms with van der Waals surface area (Å²) in [6.07, 6.45) is 0. The average molecular weight is 850 g/mol. The Hall–Kier alpha value is -1.74. The zero-order valence-electron chi connectivity index (χ0n) is 31.0. The normalized spacial score (nSPS) is 11.2. The fourth-order valence-corrected chi connectivity index (χ4v) is 6.26. The van der Waals surface area contributed by atoms with Crippen LogP contribution in [0.3, 0.4) is 0 Å². The first-order valence-electron chi connectivity index (χ1n) is 16.7. The monoisotopic (exact) mass is 846 g/mol. The second-order valence-electron chi connectivity index (χ2n) is 15.4. The van der Waals surface area contributed by atoms with Crippen LogP contribution in [0.15, 0.2) is 108 Å². The van der Waals surface area contributed by atoms with E-state index >= 15 is 0 Å². The van der Waals surface area contributed by atoms with Gasteiger partial charge in [-0.25, -0.2) is 0 Å². The van der Waals surface area contributed by atoms with Crippen LogP contribution in [-0.2, 0) is 34.2 Å². The van der Waals surface area contributed by atoms with Crippen molar-refractivity contribution in [3.63, 3.8) is 0 Å². The van der Waals surface area contributed by atoms with Gasteiger partial charge in [0.2, 0.25) is 0 Å². The Bertz CT molecular complexity index is 1960. The first kappa shape index (κ1) is 43.4. The molecule has 0 nitrogen and oxygen atoms in total. The van der Waals surface area contributed by atoms with Crippen LogP contribution in [-0.4, -0.2) is 5.43 Å². The van der Waals surface area contributed by atoms with Crippen molar-refractivity contribution in [2.24, 2.45) is 0 Å². The maximum atomic E-state index is 3.65. The van der Waals surface area contributed by atoms with Crippen LogP contribution in [0.4, 0.5) is 0 Å². The van der Waals surface area contributed by atoms with Crippen molar-refractivity contribution in [1.82, 2.24) is 0 Å². The van der Waals surface area contributed by atoms with E-state index in [1.54, 1.807) is 23.3 Å². The van der Waals surface area contributed by atoms with E-state index in [-0.39, 0.29) is 41.1 Å². The molecule has 0 unspecified atom stereocenters. The van der Waals surface area contributed by atoms with Crippen molar-refractivity contribution in [2.45, 2.75) is 92.2 Å². The molecule has 6 aromatic carbocycles. The summed E-state index contributed by atoms with van der Waals surface area (Å²) in [5.41, 5.74) is 11.3. The molecule has 0 aliphatic heterocycles. The molecular formula is C44H51BrCl2SiZr-2. The number of rotatable bonds is 3. The van der Waals surface area contributed by atoms with Crippen LogP contribution in [0.2, 0.25) is 13.1 Å². The average Bonchev–Trinajstić information content (AvgIpc) is 3.61. The first-order valence-corrected chi connectivity index (χ1v) is 23.7. The molecule has 0 atom stereocenters. The topological polar surface area (TPSA) is 0 Å². The molecule has 0 spiro atoms. The molecule has 0 aromatic heterocycles. The number of benzene rings is 4. The van der Waals surface area contributed by atoms with Gasteiger partial charge in [0.15, 0.2) is 0 Å². The van der Waals surface area contributed by atoms with Crippen molar-refractivity contribution in [1.29, 1.82) is 0 Å². The minimum Gasteiger partial charge on any atom is -1.00 e. The number of fused-ring (bicyclic) bond motifs is 2. The van der Waals surface area contributed by atoms with Crippen LogP contribution in [0.1, 0.15) is 83.6 Å². The predicted octanol–water partition coefficient (Wildman–Crippen LogP) is 8.03. The number of halogens is 3. The SMILES string of the molecule is CC(C)c1cc2c(-c3ccc(C(C)(C)C)cc3)cccc2[cH-]1.C[Si](C)=[Zr+2].Cc1cc2c(-c3ccc(C(C)(C)C)cc3)ccc(Br)c2[cH-]1.[Cl-].[Cl-]. The summed E-state index contributed by atoms with van der Waals surface area (Å²) in [5.74, 6) is 0.573. The van der Waals surface area contributed by atoms with Gasteiger partial charge >= 0.3 is 41.9 Å². The van der Waals surface area contributed by atoms with E-state index in [0.717, 1.165) is 0 Å². The molecule has 0 fully saturated rings. The first-order chi connectivity index (χ1) is 22.0. The van der Waals surface area contributed by atoms with Crippen molar-refractivity contribution in [3.8, 4) is 22.3 Å². The third-order valence-electron chi connectivity index (χ3n) is 8.54.